The van der Waals surface area contributed by atoms with Crippen LogP contribution < -0.4 is 10.6 Å². The molecule has 0 saturated carbocycles. The quantitative estimate of drug-likeness (QED) is 0.541. The van der Waals surface area contributed by atoms with Gasteiger partial charge in [0.05, 0.1) is 23.8 Å². The fourth-order valence-corrected chi connectivity index (χ4v) is 5.26. The van der Waals surface area contributed by atoms with E-state index < -0.39 is 15.9 Å². The lowest BCUT2D eigenvalue weighted by molar-refractivity contribution is -0.116. The molecule has 162 valence electrons. The van der Waals surface area contributed by atoms with E-state index in [2.05, 4.69) is 10.6 Å². The molecular weight excluding hydrogens is 434 g/mol. The zero-order chi connectivity index (χ0) is 22.4. The molecule has 0 bridgehead atoms. The average molecular weight is 458 g/mol. The second-order valence-electron chi connectivity index (χ2n) is 6.89. The van der Waals surface area contributed by atoms with Crippen molar-refractivity contribution in [3.05, 3.63) is 83.2 Å². The van der Waals surface area contributed by atoms with E-state index in [1.165, 1.54) is 13.1 Å². The Balaban J connectivity index is 1.68. The number of para-hydroxylation sites is 1. The van der Waals surface area contributed by atoms with Gasteiger partial charge in [-0.1, -0.05) is 48.5 Å². The molecule has 0 aliphatic carbocycles. The summed E-state index contributed by atoms with van der Waals surface area (Å²) in [6.45, 7) is 1.50. The van der Waals surface area contributed by atoms with Crippen molar-refractivity contribution in [2.45, 2.75) is 17.2 Å². The van der Waals surface area contributed by atoms with E-state index >= 15 is 0 Å². The molecule has 3 aromatic rings. The van der Waals surface area contributed by atoms with Gasteiger partial charge in [0.15, 0.2) is 0 Å². The summed E-state index contributed by atoms with van der Waals surface area (Å²) in [5.41, 5.74) is 1.56. The van der Waals surface area contributed by atoms with Crippen molar-refractivity contribution in [2.75, 3.05) is 18.9 Å². The van der Waals surface area contributed by atoms with Crippen LogP contribution in [0.1, 0.15) is 28.9 Å². The molecule has 31 heavy (non-hydrogen) atoms. The molecule has 0 saturated heterocycles. The molecule has 2 aromatic carbocycles. The number of anilines is 1. The molecule has 2 amide bonds. The van der Waals surface area contributed by atoms with Crippen LogP contribution in [0.5, 0.6) is 0 Å². The predicted molar refractivity (Wildman–Crippen MR) is 122 cm³/mol. The van der Waals surface area contributed by atoms with E-state index in [0.29, 0.717) is 11.3 Å². The Morgan fingerprint density at radius 2 is 1.68 bits per heavy atom. The van der Waals surface area contributed by atoms with E-state index in [0.717, 1.165) is 21.2 Å². The van der Waals surface area contributed by atoms with Crippen molar-refractivity contribution in [3.8, 4) is 0 Å². The molecule has 0 spiro atoms. The minimum Gasteiger partial charge on any atom is -0.345 e. The highest BCUT2D eigenvalue weighted by atomic mass is 32.2. The molecule has 0 aliphatic rings. The normalized spacial score (nSPS) is 12.4. The lowest BCUT2D eigenvalue weighted by atomic mass is 10.1. The number of hydrogen-bond acceptors (Lipinski definition) is 5. The third-order valence-electron chi connectivity index (χ3n) is 4.62. The van der Waals surface area contributed by atoms with Crippen molar-refractivity contribution in [2.24, 2.45) is 0 Å². The number of amides is 2. The van der Waals surface area contributed by atoms with Crippen LogP contribution in [0.4, 0.5) is 5.69 Å². The molecule has 9 heteroatoms. The molecule has 7 nitrogen and oxygen atoms in total. The van der Waals surface area contributed by atoms with Gasteiger partial charge in [0.25, 0.3) is 15.9 Å². The van der Waals surface area contributed by atoms with Crippen molar-refractivity contribution in [1.82, 2.24) is 9.62 Å². The highest BCUT2D eigenvalue weighted by molar-refractivity contribution is 7.91. The first-order valence-electron chi connectivity index (χ1n) is 9.53. The average Bonchev–Trinajstić information content (AvgIpc) is 3.30. The number of carbonyl (C=O) groups is 2. The highest BCUT2D eigenvalue weighted by Gasteiger charge is 2.24. The number of rotatable bonds is 8. The standard InChI is InChI=1S/C22H23N3O4S2/c1-16(17-9-4-3-5-10-17)23-22(27)18-11-6-7-12-19(18)24-20(26)15-25(2)31(28,29)21-13-8-14-30-21/h3-14,16H,15H2,1-2H3,(H,23,27)(H,24,26)/t16-/m1/s1. The minimum atomic E-state index is -3.74. The maximum atomic E-state index is 12.8. The lowest BCUT2D eigenvalue weighted by Crippen LogP contribution is -2.35. The van der Waals surface area contributed by atoms with E-state index in [4.69, 9.17) is 0 Å². The van der Waals surface area contributed by atoms with E-state index in [-0.39, 0.29) is 22.7 Å². The van der Waals surface area contributed by atoms with E-state index in [1.54, 1.807) is 35.7 Å². The number of sulfonamides is 1. The number of thiophene rings is 1. The Morgan fingerprint density at radius 1 is 1.00 bits per heavy atom. The Kier molecular flexibility index (Phi) is 7.21. The van der Waals surface area contributed by atoms with Gasteiger partial charge in [-0.05, 0) is 36.1 Å². The van der Waals surface area contributed by atoms with Crippen LogP contribution in [0.25, 0.3) is 0 Å². The largest absolute Gasteiger partial charge is 0.345 e. The summed E-state index contributed by atoms with van der Waals surface area (Å²) in [7, 11) is -2.40. The first-order chi connectivity index (χ1) is 14.8. The Hall–Kier alpha value is -3.01. The van der Waals surface area contributed by atoms with Crippen LogP contribution in [0.3, 0.4) is 0 Å². The fourth-order valence-electron chi connectivity index (χ4n) is 2.93. The summed E-state index contributed by atoms with van der Waals surface area (Å²) in [6, 6.07) is 19.0. The van der Waals surface area contributed by atoms with Gasteiger partial charge in [0, 0.05) is 7.05 Å². The topological polar surface area (TPSA) is 95.6 Å². The number of likely N-dealkylation sites (N-methyl/N-ethyl adjacent to an activating group) is 1. The molecule has 1 atom stereocenters. The summed E-state index contributed by atoms with van der Waals surface area (Å²) >= 11 is 1.09. The molecule has 0 aliphatic heterocycles. The number of carbonyl (C=O) groups excluding carboxylic acids is 2. The van der Waals surface area contributed by atoms with Gasteiger partial charge in [-0.15, -0.1) is 11.3 Å². The Bertz CT molecular complexity index is 1150. The van der Waals surface area contributed by atoms with Crippen molar-refractivity contribution >= 4 is 38.9 Å². The maximum Gasteiger partial charge on any atom is 0.253 e. The summed E-state index contributed by atoms with van der Waals surface area (Å²) < 4.78 is 26.2. The number of hydrogen-bond donors (Lipinski definition) is 2. The third-order valence-corrected chi connectivity index (χ3v) is 7.80. The molecule has 2 N–H and O–H groups in total. The van der Waals surface area contributed by atoms with E-state index in [9.17, 15) is 18.0 Å². The van der Waals surface area contributed by atoms with Gasteiger partial charge in [-0.25, -0.2) is 8.42 Å². The van der Waals surface area contributed by atoms with Crippen LogP contribution in [0, 0.1) is 0 Å². The summed E-state index contributed by atoms with van der Waals surface area (Å²) in [5, 5.41) is 7.22. The summed E-state index contributed by atoms with van der Waals surface area (Å²) in [5.74, 6) is -0.884. The van der Waals surface area contributed by atoms with Crippen molar-refractivity contribution < 1.29 is 18.0 Å². The van der Waals surface area contributed by atoms with Crippen LogP contribution in [0.15, 0.2) is 76.3 Å². The van der Waals surface area contributed by atoms with Gasteiger partial charge >= 0.3 is 0 Å². The SMILES string of the molecule is C[C@@H](NC(=O)c1ccccc1NC(=O)CN(C)S(=O)(=O)c1cccs1)c1ccccc1. The maximum absolute atomic E-state index is 12.8. The van der Waals surface area contributed by atoms with Crippen LogP contribution in [-0.4, -0.2) is 38.1 Å². The predicted octanol–water partition coefficient (Wildman–Crippen LogP) is 3.50. The number of nitrogens with zero attached hydrogens (tertiary/aromatic N) is 1. The zero-order valence-corrected chi connectivity index (χ0v) is 18.7. The van der Waals surface area contributed by atoms with Gasteiger partial charge in [0.2, 0.25) is 5.91 Å². The molecule has 0 radical (unpaired) electrons. The Morgan fingerprint density at radius 3 is 2.35 bits per heavy atom. The van der Waals surface area contributed by atoms with Crippen molar-refractivity contribution in [3.63, 3.8) is 0 Å². The van der Waals surface area contributed by atoms with Crippen LogP contribution in [0.2, 0.25) is 0 Å². The third kappa shape index (κ3) is 5.57. The van der Waals surface area contributed by atoms with Gasteiger partial charge in [0.1, 0.15) is 4.21 Å². The monoisotopic (exact) mass is 457 g/mol. The smallest absolute Gasteiger partial charge is 0.253 e. The zero-order valence-electron chi connectivity index (χ0n) is 17.1. The molecule has 0 unspecified atom stereocenters. The first-order valence-corrected chi connectivity index (χ1v) is 11.9. The molecule has 0 fully saturated rings. The van der Waals surface area contributed by atoms with Gasteiger partial charge < -0.3 is 10.6 Å². The highest BCUT2D eigenvalue weighted by Crippen LogP contribution is 2.21. The molecular formula is C22H23N3O4S2. The molecule has 1 heterocycles. The van der Waals surface area contributed by atoms with Crippen LogP contribution >= 0.6 is 11.3 Å². The Labute approximate surface area is 185 Å². The van der Waals surface area contributed by atoms with Crippen molar-refractivity contribution in [1.29, 1.82) is 0 Å². The number of nitrogens with one attached hydrogen (secondary N) is 2. The molecule has 3 rings (SSSR count). The molecule has 1 aromatic heterocycles. The summed E-state index contributed by atoms with van der Waals surface area (Å²) in [4.78, 5) is 25.3. The second kappa shape index (κ2) is 9.86. The summed E-state index contributed by atoms with van der Waals surface area (Å²) in [6.07, 6.45) is 0. The first kappa shape index (κ1) is 22.7. The van der Waals surface area contributed by atoms with E-state index in [1.807, 2.05) is 37.3 Å². The lowest BCUT2D eigenvalue weighted by Gasteiger charge is -2.18. The number of benzene rings is 2. The minimum absolute atomic E-state index is 0.164. The van der Waals surface area contributed by atoms with Crippen LogP contribution in [-0.2, 0) is 14.8 Å². The second-order valence-corrected chi connectivity index (χ2v) is 10.1. The van der Waals surface area contributed by atoms with Gasteiger partial charge in [-0.2, -0.15) is 4.31 Å². The fraction of sp³-hybridized carbons (Fsp3) is 0.182. The van der Waals surface area contributed by atoms with Gasteiger partial charge in [-0.3, -0.25) is 9.59 Å².